The summed E-state index contributed by atoms with van der Waals surface area (Å²) in [7, 11) is 1.54. The molecule has 0 saturated carbocycles. The summed E-state index contributed by atoms with van der Waals surface area (Å²) in [6.07, 6.45) is 0. The van der Waals surface area contributed by atoms with E-state index in [0.29, 0.717) is 11.3 Å². The maximum Gasteiger partial charge on any atom is 0.215 e. The quantitative estimate of drug-likeness (QED) is 0.881. The van der Waals surface area contributed by atoms with Crippen molar-refractivity contribution in [2.45, 2.75) is 0 Å². The zero-order valence-electron chi connectivity index (χ0n) is 9.85. The zero-order chi connectivity index (χ0) is 14.0. The number of aromatic nitrogens is 2. The molecule has 2 aromatic rings. The Morgan fingerprint density at radius 2 is 1.74 bits per heavy atom. The first-order valence-corrected chi connectivity index (χ1v) is 5.95. The molecule has 0 aliphatic heterocycles. The molecule has 0 fully saturated rings. The van der Waals surface area contributed by atoms with Crippen LogP contribution in [0.2, 0.25) is 10.3 Å². The first-order chi connectivity index (χ1) is 9.02. The molecule has 0 unspecified atom stereocenters. The number of ketones is 1. The van der Waals surface area contributed by atoms with Crippen LogP contribution in [0.5, 0.6) is 5.75 Å². The zero-order valence-corrected chi connectivity index (χ0v) is 11.4. The Morgan fingerprint density at radius 3 is 2.32 bits per heavy atom. The number of ether oxygens (including phenoxy) is 1. The van der Waals surface area contributed by atoms with E-state index in [1.54, 1.807) is 31.4 Å². The number of carbonyl (C=O) groups is 1. The Labute approximate surface area is 119 Å². The number of hydrogen-bond donors (Lipinski definition) is 1. The van der Waals surface area contributed by atoms with Crippen LogP contribution in [-0.4, -0.2) is 22.9 Å². The summed E-state index contributed by atoms with van der Waals surface area (Å²) in [5, 5.41) is -0.0989. The van der Waals surface area contributed by atoms with Gasteiger partial charge >= 0.3 is 0 Å². The molecule has 0 saturated heterocycles. The van der Waals surface area contributed by atoms with Crippen LogP contribution in [-0.2, 0) is 0 Å². The lowest BCUT2D eigenvalue weighted by Gasteiger charge is -2.05. The Hall–Kier alpha value is -1.85. The van der Waals surface area contributed by atoms with Gasteiger partial charge in [0.1, 0.15) is 5.75 Å². The maximum atomic E-state index is 12.2. The van der Waals surface area contributed by atoms with Gasteiger partial charge in [0, 0.05) is 5.56 Å². The third kappa shape index (κ3) is 2.77. The second kappa shape index (κ2) is 5.42. The van der Waals surface area contributed by atoms with Gasteiger partial charge < -0.3 is 10.5 Å². The van der Waals surface area contributed by atoms with E-state index in [2.05, 4.69) is 9.97 Å². The van der Waals surface area contributed by atoms with Gasteiger partial charge in [0.05, 0.1) is 7.11 Å². The number of benzene rings is 1. The molecular weight excluding hydrogens is 289 g/mol. The van der Waals surface area contributed by atoms with Crippen LogP contribution in [0.1, 0.15) is 16.1 Å². The van der Waals surface area contributed by atoms with Gasteiger partial charge in [0.2, 0.25) is 5.78 Å². The fourth-order valence-corrected chi connectivity index (χ4v) is 1.71. The number of nitrogen functional groups attached to an aromatic ring is 1. The minimum absolute atomic E-state index is 0.0282. The van der Waals surface area contributed by atoms with Crippen molar-refractivity contribution in [1.82, 2.24) is 9.97 Å². The molecule has 0 aliphatic carbocycles. The first-order valence-electron chi connectivity index (χ1n) is 5.20. The standard InChI is InChI=1S/C12H9Cl2N3O2/c1-19-7-4-2-6(3-5-7)9(18)8-12(15)17-11(14)10(13)16-8/h2-5H,1H3,(H2,15,17). The normalized spacial score (nSPS) is 10.3. The van der Waals surface area contributed by atoms with Gasteiger partial charge in [0.25, 0.3) is 0 Å². The van der Waals surface area contributed by atoms with E-state index in [9.17, 15) is 4.79 Å². The van der Waals surface area contributed by atoms with Crippen molar-refractivity contribution < 1.29 is 9.53 Å². The van der Waals surface area contributed by atoms with E-state index in [1.807, 2.05) is 0 Å². The maximum absolute atomic E-state index is 12.2. The topological polar surface area (TPSA) is 78.1 Å². The minimum atomic E-state index is -0.383. The van der Waals surface area contributed by atoms with Crippen LogP contribution < -0.4 is 10.5 Å². The van der Waals surface area contributed by atoms with Gasteiger partial charge in [-0.3, -0.25) is 4.79 Å². The van der Waals surface area contributed by atoms with E-state index in [0.717, 1.165) is 0 Å². The van der Waals surface area contributed by atoms with Crippen molar-refractivity contribution in [1.29, 1.82) is 0 Å². The number of nitrogens with zero attached hydrogens (tertiary/aromatic N) is 2. The van der Waals surface area contributed by atoms with Gasteiger partial charge in [-0.25, -0.2) is 9.97 Å². The Balaban J connectivity index is 2.40. The van der Waals surface area contributed by atoms with E-state index >= 15 is 0 Å². The third-order valence-corrected chi connectivity index (χ3v) is 3.03. The molecule has 2 rings (SSSR count). The molecular formula is C12H9Cl2N3O2. The van der Waals surface area contributed by atoms with E-state index in [4.69, 9.17) is 33.7 Å². The molecule has 1 aromatic heterocycles. The molecule has 0 atom stereocenters. The largest absolute Gasteiger partial charge is 0.497 e. The summed E-state index contributed by atoms with van der Waals surface area (Å²) in [6, 6.07) is 6.53. The SMILES string of the molecule is COc1ccc(C(=O)c2nc(Cl)c(Cl)nc2N)cc1. The van der Waals surface area contributed by atoms with Gasteiger partial charge in [-0.05, 0) is 24.3 Å². The minimum Gasteiger partial charge on any atom is -0.497 e. The molecule has 0 amide bonds. The fourth-order valence-electron chi connectivity index (χ4n) is 1.45. The molecule has 5 nitrogen and oxygen atoms in total. The third-order valence-electron chi connectivity index (χ3n) is 2.41. The predicted molar refractivity (Wildman–Crippen MR) is 72.9 cm³/mol. The predicted octanol–water partition coefficient (Wildman–Crippen LogP) is 2.61. The van der Waals surface area contributed by atoms with Crippen molar-refractivity contribution in [3.63, 3.8) is 0 Å². The van der Waals surface area contributed by atoms with Gasteiger partial charge in [0.15, 0.2) is 21.8 Å². The summed E-state index contributed by atoms with van der Waals surface area (Å²) >= 11 is 11.4. The smallest absolute Gasteiger partial charge is 0.215 e. The molecule has 2 N–H and O–H groups in total. The number of rotatable bonds is 3. The van der Waals surface area contributed by atoms with Crippen molar-refractivity contribution in [2.75, 3.05) is 12.8 Å². The molecule has 1 heterocycles. The molecule has 7 heteroatoms. The highest BCUT2D eigenvalue weighted by Gasteiger charge is 2.17. The van der Waals surface area contributed by atoms with Crippen LogP contribution >= 0.6 is 23.2 Å². The summed E-state index contributed by atoms with van der Waals surface area (Å²) in [6.45, 7) is 0. The number of anilines is 1. The number of halogens is 2. The summed E-state index contributed by atoms with van der Waals surface area (Å²) in [4.78, 5) is 19.8. The number of carbonyl (C=O) groups excluding carboxylic acids is 1. The van der Waals surface area contributed by atoms with Crippen LogP contribution in [0, 0.1) is 0 Å². The number of hydrogen-bond acceptors (Lipinski definition) is 5. The van der Waals surface area contributed by atoms with Gasteiger partial charge in [-0.2, -0.15) is 0 Å². The molecule has 0 aliphatic rings. The van der Waals surface area contributed by atoms with Crippen LogP contribution in [0.3, 0.4) is 0 Å². The Morgan fingerprint density at radius 1 is 1.16 bits per heavy atom. The average Bonchev–Trinajstić information content (AvgIpc) is 2.42. The van der Waals surface area contributed by atoms with Crippen molar-refractivity contribution >= 4 is 34.8 Å². The van der Waals surface area contributed by atoms with E-state index in [-0.39, 0.29) is 27.6 Å². The Kier molecular flexibility index (Phi) is 3.87. The first kappa shape index (κ1) is 13.6. The lowest BCUT2D eigenvalue weighted by Crippen LogP contribution is -2.10. The molecule has 0 bridgehead atoms. The summed E-state index contributed by atoms with van der Waals surface area (Å²) in [5.41, 5.74) is 6.00. The van der Waals surface area contributed by atoms with Crippen molar-refractivity contribution in [3.05, 3.63) is 45.8 Å². The second-order valence-corrected chi connectivity index (χ2v) is 4.31. The van der Waals surface area contributed by atoms with E-state index < -0.39 is 0 Å². The number of nitrogens with two attached hydrogens (primary N) is 1. The molecule has 98 valence electrons. The van der Waals surface area contributed by atoms with Crippen LogP contribution in [0.4, 0.5) is 5.82 Å². The van der Waals surface area contributed by atoms with E-state index in [1.165, 1.54) is 0 Å². The highest BCUT2D eigenvalue weighted by atomic mass is 35.5. The lowest BCUT2D eigenvalue weighted by molar-refractivity contribution is 0.103. The Bertz CT molecular complexity index is 630. The van der Waals surface area contributed by atoms with Crippen molar-refractivity contribution in [3.8, 4) is 5.75 Å². The second-order valence-electron chi connectivity index (χ2n) is 3.60. The molecule has 0 radical (unpaired) electrons. The molecule has 1 aromatic carbocycles. The fraction of sp³-hybridized carbons (Fsp3) is 0.0833. The van der Waals surface area contributed by atoms with Crippen LogP contribution in [0.25, 0.3) is 0 Å². The lowest BCUT2D eigenvalue weighted by atomic mass is 10.1. The summed E-state index contributed by atoms with van der Waals surface area (Å²) < 4.78 is 5.01. The highest BCUT2D eigenvalue weighted by molar-refractivity contribution is 6.40. The molecule has 0 spiro atoms. The summed E-state index contributed by atoms with van der Waals surface area (Å²) in [5.74, 6) is 0.200. The van der Waals surface area contributed by atoms with Gasteiger partial charge in [-0.15, -0.1) is 0 Å². The average molecular weight is 298 g/mol. The highest BCUT2D eigenvalue weighted by Crippen LogP contribution is 2.22. The molecule has 19 heavy (non-hydrogen) atoms. The van der Waals surface area contributed by atoms with Crippen LogP contribution in [0.15, 0.2) is 24.3 Å². The number of methoxy groups -OCH3 is 1. The van der Waals surface area contributed by atoms with Crippen molar-refractivity contribution in [2.24, 2.45) is 0 Å². The van der Waals surface area contributed by atoms with Gasteiger partial charge in [-0.1, -0.05) is 23.2 Å². The monoisotopic (exact) mass is 297 g/mol.